The normalized spacial score (nSPS) is 20.8. The Labute approximate surface area is 254 Å². The summed E-state index contributed by atoms with van der Waals surface area (Å²) >= 11 is 1.67. The molecule has 5 heterocycles. The average Bonchev–Trinajstić information content (AvgIpc) is 3.59. The molecule has 0 bridgehead atoms. The number of rotatable bonds is 7. The fourth-order valence-corrected chi connectivity index (χ4v) is 7.49. The topological polar surface area (TPSA) is 81.9 Å². The van der Waals surface area contributed by atoms with Crippen LogP contribution in [0.1, 0.15) is 53.2 Å². The van der Waals surface area contributed by atoms with Crippen LogP contribution in [0.5, 0.6) is 11.5 Å². The zero-order valence-electron chi connectivity index (χ0n) is 23.9. The van der Waals surface area contributed by atoms with Gasteiger partial charge in [-0.25, -0.2) is 9.97 Å². The lowest BCUT2D eigenvalue weighted by molar-refractivity contribution is -0.0592. The van der Waals surface area contributed by atoms with E-state index in [9.17, 15) is 5.11 Å². The van der Waals surface area contributed by atoms with Gasteiger partial charge in [-0.3, -0.25) is 4.90 Å². The summed E-state index contributed by atoms with van der Waals surface area (Å²) < 4.78 is 22.1. The molecule has 0 unspecified atom stereocenters. The first-order valence-corrected chi connectivity index (χ1v) is 15.9. The van der Waals surface area contributed by atoms with Crippen molar-refractivity contribution in [2.75, 3.05) is 26.3 Å². The fourth-order valence-electron chi connectivity index (χ4n) is 6.51. The smallest absolute Gasteiger partial charge is 0.184 e. The van der Waals surface area contributed by atoms with Gasteiger partial charge in [-0.2, -0.15) is 0 Å². The maximum atomic E-state index is 9.99. The Hall–Kier alpha value is -3.92. The second-order valence-electron chi connectivity index (χ2n) is 11.7. The summed E-state index contributed by atoms with van der Waals surface area (Å²) in [6.07, 6.45) is 3.16. The molecular weight excluding hydrogens is 560 g/mol. The molecule has 0 saturated carbocycles. The highest BCUT2D eigenvalue weighted by molar-refractivity contribution is 7.18. The van der Waals surface area contributed by atoms with E-state index in [1.54, 1.807) is 11.3 Å². The lowest BCUT2D eigenvalue weighted by Crippen LogP contribution is -2.35. The number of hydrogen-bond acceptors (Lipinski definition) is 8. The van der Waals surface area contributed by atoms with E-state index in [0.29, 0.717) is 12.5 Å². The number of benzene rings is 3. The molecule has 2 fully saturated rings. The molecule has 0 radical (unpaired) electrons. The van der Waals surface area contributed by atoms with Crippen LogP contribution in [0, 0.1) is 0 Å². The van der Waals surface area contributed by atoms with E-state index in [1.807, 2.05) is 42.5 Å². The quantitative estimate of drug-likeness (QED) is 0.206. The molecule has 8 rings (SSSR count). The summed E-state index contributed by atoms with van der Waals surface area (Å²) in [6, 6.07) is 20.3. The van der Waals surface area contributed by atoms with Crippen molar-refractivity contribution in [2.45, 2.75) is 50.5 Å². The van der Waals surface area contributed by atoms with Gasteiger partial charge in [0.2, 0.25) is 0 Å². The first-order valence-electron chi connectivity index (χ1n) is 15.1. The summed E-state index contributed by atoms with van der Waals surface area (Å²) in [5.74, 6) is 3.23. The number of imidazole rings is 1. The number of likely N-dealkylation sites (tertiary alicyclic amines) is 1. The Morgan fingerprint density at radius 3 is 2.65 bits per heavy atom. The van der Waals surface area contributed by atoms with Crippen molar-refractivity contribution in [2.24, 2.45) is 0 Å². The van der Waals surface area contributed by atoms with Crippen molar-refractivity contribution in [1.82, 2.24) is 19.4 Å². The van der Waals surface area contributed by atoms with Gasteiger partial charge in [-0.05, 0) is 74.7 Å². The summed E-state index contributed by atoms with van der Waals surface area (Å²) in [5, 5.41) is 10.9. The third-order valence-electron chi connectivity index (χ3n) is 8.98. The monoisotopic (exact) mass is 594 g/mol. The Morgan fingerprint density at radius 2 is 1.86 bits per heavy atom. The molecule has 8 nitrogen and oxygen atoms in total. The van der Waals surface area contributed by atoms with Gasteiger partial charge in [0, 0.05) is 17.7 Å². The van der Waals surface area contributed by atoms with Gasteiger partial charge in [0.15, 0.2) is 17.6 Å². The molecule has 2 saturated heterocycles. The van der Waals surface area contributed by atoms with Gasteiger partial charge in [-0.15, -0.1) is 11.3 Å². The number of piperidine rings is 1. The van der Waals surface area contributed by atoms with E-state index in [1.165, 1.54) is 10.3 Å². The van der Waals surface area contributed by atoms with Crippen molar-refractivity contribution in [3.63, 3.8) is 0 Å². The van der Waals surface area contributed by atoms with Crippen molar-refractivity contribution >= 4 is 38.3 Å². The first-order chi connectivity index (χ1) is 21.1. The highest BCUT2D eigenvalue weighted by Crippen LogP contribution is 2.45. The lowest BCUT2D eigenvalue weighted by Gasteiger charge is -2.34. The number of para-hydroxylation sites is 2. The Balaban J connectivity index is 0.969. The third kappa shape index (κ3) is 5.05. The number of aliphatic hydroxyl groups excluding tert-OH is 1. The Kier molecular flexibility index (Phi) is 6.81. The molecule has 1 N–H and O–H groups in total. The number of hydrogen-bond donors (Lipinski definition) is 1. The molecule has 0 amide bonds. The van der Waals surface area contributed by atoms with Gasteiger partial charge < -0.3 is 23.9 Å². The number of fused-ring (bicyclic) bond motifs is 3. The van der Waals surface area contributed by atoms with E-state index in [-0.39, 0.29) is 18.0 Å². The van der Waals surface area contributed by atoms with Crippen molar-refractivity contribution in [1.29, 1.82) is 0 Å². The molecule has 3 aliphatic rings. The molecular formula is C34H34N4O4S. The van der Waals surface area contributed by atoms with Gasteiger partial charge in [0.1, 0.15) is 23.2 Å². The zero-order chi connectivity index (χ0) is 28.9. The van der Waals surface area contributed by atoms with Crippen LogP contribution in [0.25, 0.3) is 27.0 Å². The molecule has 0 aliphatic carbocycles. The van der Waals surface area contributed by atoms with E-state index < -0.39 is 0 Å². The summed E-state index contributed by atoms with van der Waals surface area (Å²) in [4.78, 5) is 12.3. The molecule has 3 aliphatic heterocycles. The highest BCUT2D eigenvalue weighted by atomic mass is 32.1. The maximum Gasteiger partial charge on any atom is 0.184 e. The molecule has 220 valence electrons. The largest absolute Gasteiger partial charge is 0.508 e. The molecule has 3 aromatic carbocycles. The first kappa shape index (κ1) is 26.7. The molecule has 9 heteroatoms. The van der Waals surface area contributed by atoms with Crippen LogP contribution < -0.4 is 9.47 Å². The van der Waals surface area contributed by atoms with Gasteiger partial charge in [0.25, 0.3) is 0 Å². The van der Waals surface area contributed by atoms with Crippen molar-refractivity contribution in [3.8, 4) is 11.5 Å². The number of aromatic nitrogens is 3. The van der Waals surface area contributed by atoms with Crippen LogP contribution in [0.3, 0.4) is 0 Å². The van der Waals surface area contributed by atoms with Crippen LogP contribution in [-0.2, 0) is 17.8 Å². The Bertz CT molecular complexity index is 1790. The number of nitrogens with zero attached hydrogens (tertiary/aromatic N) is 4. The maximum absolute atomic E-state index is 9.99. The average molecular weight is 595 g/mol. The highest BCUT2D eigenvalue weighted by Gasteiger charge is 2.31. The molecule has 2 aromatic heterocycles. The minimum Gasteiger partial charge on any atom is -0.508 e. The molecule has 2 atom stereocenters. The minimum atomic E-state index is -0.196. The van der Waals surface area contributed by atoms with E-state index in [4.69, 9.17) is 24.2 Å². The molecule has 0 spiro atoms. The van der Waals surface area contributed by atoms with Crippen molar-refractivity contribution in [3.05, 3.63) is 89.2 Å². The van der Waals surface area contributed by atoms with E-state index in [2.05, 4.69) is 34.2 Å². The van der Waals surface area contributed by atoms with Crippen LogP contribution >= 0.6 is 11.3 Å². The summed E-state index contributed by atoms with van der Waals surface area (Å²) in [7, 11) is 0. The second-order valence-corrected chi connectivity index (χ2v) is 12.8. The van der Waals surface area contributed by atoms with E-state index in [0.717, 1.165) is 96.5 Å². The Morgan fingerprint density at radius 1 is 1.00 bits per heavy atom. The van der Waals surface area contributed by atoms with Crippen LogP contribution in [0.4, 0.5) is 0 Å². The number of aliphatic hydroxyl groups is 1. The van der Waals surface area contributed by atoms with Crippen LogP contribution in [0.15, 0.2) is 67.2 Å². The van der Waals surface area contributed by atoms with Gasteiger partial charge >= 0.3 is 0 Å². The third-order valence-corrected chi connectivity index (χ3v) is 10.1. The van der Waals surface area contributed by atoms with Crippen LogP contribution in [-0.4, -0.2) is 56.9 Å². The van der Waals surface area contributed by atoms with Gasteiger partial charge in [-0.1, -0.05) is 30.8 Å². The number of ether oxygens (including phenoxy) is 3. The lowest BCUT2D eigenvalue weighted by atomic mass is 9.88. The minimum absolute atomic E-state index is 0.0721. The second kappa shape index (κ2) is 11.0. The predicted molar refractivity (Wildman–Crippen MR) is 168 cm³/mol. The fraction of sp³-hybridized carbons (Fsp3) is 0.353. The van der Waals surface area contributed by atoms with Gasteiger partial charge in [0.05, 0.1) is 40.4 Å². The van der Waals surface area contributed by atoms with E-state index >= 15 is 0 Å². The zero-order valence-corrected chi connectivity index (χ0v) is 24.8. The molecule has 5 aromatic rings. The summed E-state index contributed by atoms with van der Waals surface area (Å²) in [5.41, 5.74) is 4.92. The van der Waals surface area contributed by atoms with Crippen molar-refractivity contribution < 1.29 is 19.3 Å². The molecule has 43 heavy (non-hydrogen) atoms. The number of thiazole rings is 1. The van der Waals surface area contributed by atoms with Crippen LogP contribution in [0.2, 0.25) is 0 Å². The summed E-state index contributed by atoms with van der Waals surface area (Å²) in [6.45, 7) is 8.50. The SMILES string of the molecule is C=C(O)c1ccc2nc(CN3CCC(c4cccc5c4OC[C@@H](c4nc6ccccc6s4)O5)CC3)n(C[C@@H]3CCO3)c2c1. The predicted octanol–water partition coefficient (Wildman–Crippen LogP) is 6.86. The standard InChI is InChI=1S/C34H34N4O4S/c1-21(39)23-9-10-26-28(17-23)38(18-24-13-16-40-24)32(35-26)19-37-14-11-22(12-15-37)25-5-4-7-29-33(25)41-20-30(42-29)34-36-27-6-2-3-8-31(27)43-34/h2-10,17,22,24,30,39H,1,11-16,18-20H2/t24-,30-/m0/s1.